The second-order valence-corrected chi connectivity index (χ2v) is 9.17. The summed E-state index contributed by atoms with van der Waals surface area (Å²) < 4.78 is 7.06. The number of benzene rings is 2. The van der Waals surface area contributed by atoms with Crippen molar-refractivity contribution in [2.24, 2.45) is 0 Å². The van der Waals surface area contributed by atoms with Gasteiger partial charge < -0.3 is 4.74 Å². The fourth-order valence-electron chi connectivity index (χ4n) is 5.40. The second-order valence-electron chi connectivity index (χ2n) is 9.17. The summed E-state index contributed by atoms with van der Waals surface area (Å²) in [5.74, 6) is -0.0306. The topological polar surface area (TPSA) is 102 Å². The Kier molecular flexibility index (Phi) is 6.05. The van der Waals surface area contributed by atoms with Crippen LogP contribution in [-0.4, -0.2) is 50.6 Å². The Morgan fingerprint density at radius 3 is 2.32 bits per heavy atom. The molecule has 1 amide bonds. The van der Waals surface area contributed by atoms with Gasteiger partial charge in [0.1, 0.15) is 6.17 Å². The molecule has 3 atom stereocenters. The van der Waals surface area contributed by atoms with Crippen molar-refractivity contribution in [3.05, 3.63) is 102 Å². The van der Waals surface area contributed by atoms with Crippen LogP contribution >= 0.6 is 0 Å². The van der Waals surface area contributed by atoms with Crippen LogP contribution in [0.15, 0.2) is 90.8 Å². The first-order chi connectivity index (χ1) is 18.6. The maximum absolute atomic E-state index is 14.2. The molecule has 2 aliphatic heterocycles. The summed E-state index contributed by atoms with van der Waals surface area (Å²) in [7, 11) is 0. The third-order valence-electron chi connectivity index (χ3n) is 6.97. The number of nitrogens with zero attached hydrogens (tertiary/aromatic N) is 5. The number of carbonyl (C=O) groups is 2. The maximum Gasteiger partial charge on any atom is 0.337 e. The second kappa shape index (κ2) is 9.68. The minimum Gasteiger partial charge on any atom is -0.463 e. The fraction of sp³-hybridized carbons (Fsp3) is 0.207. The number of carbonyl (C=O) groups excluding carboxylic acids is 2. The Morgan fingerprint density at radius 2 is 1.63 bits per heavy atom. The van der Waals surface area contributed by atoms with Gasteiger partial charge in [-0.2, -0.15) is 0 Å². The zero-order valence-electron chi connectivity index (χ0n) is 21.0. The maximum atomic E-state index is 14.2. The van der Waals surface area contributed by atoms with Crippen LogP contribution in [0, 0.1) is 0 Å². The lowest BCUT2D eigenvalue weighted by Gasteiger charge is -2.46. The average Bonchev–Trinajstić information content (AvgIpc) is 3.40. The smallest absolute Gasteiger partial charge is 0.337 e. The van der Waals surface area contributed by atoms with Crippen molar-refractivity contribution in [1.82, 2.24) is 25.1 Å². The molecule has 38 heavy (non-hydrogen) atoms. The molecule has 4 aromatic rings. The van der Waals surface area contributed by atoms with Gasteiger partial charge in [0, 0.05) is 29.7 Å². The molecule has 2 aromatic heterocycles. The number of hydrogen-bond donors (Lipinski definition) is 1. The lowest BCUT2D eigenvalue weighted by atomic mass is 9.78. The molecule has 9 nitrogen and oxygen atoms in total. The highest BCUT2D eigenvalue weighted by Crippen LogP contribution is 2.46. The summed E-state index contributed by atoms with van der Waals surface area (Å²) in [6.07, 6.45) is 2.79. The number of amides is 1. The Bertz CT molecular complexity index is 1520. The molecule has 9 heteroatoms. The molecule has 0 bridgehead atoms. The molecule has 3 unspecified atom stereocenters. The normalized spacial score (nSPS) is 20.6. The zero-order valence-corrected chi connectivity index (χ0v) is 21.0. The highest BCUT2D eigenvalue weighted by atomic mass is 16.5. The van der Waals surface area contributed by atoms with Gasteiger partial charge in [-0.25, -0.2) is 14.2 Å². The van der Waals surface area contributed by atoms with Crippen LogP contribution in [0.3, 0.4) is 0 Å². The van der Waals surface area contributed by atoms with E-state index in [2.05, 4.69) is 20.5 Å². The van der Waals surface area contributed by atoms with E-state index in [1.807, 2.05) is 67.6 Å². The van der Waals surface area contributed by atoms with Gasteiger partial charge >= 0.3 is 12.0 Å². The average molecular weight is 507 g/mol. The highest BCUT2D eigenvalue weighted by molar-refractivity contribution is 6.04. The lowest BCUT2D eigenvalue weighted by Crippen LogP contribution is -2.62. The van der Waals surface area contributed by atoms with Crippen LogP contribution in [0.25, 0.3) is 17.0 Å². The molecule has 1 N–H and O–H groups in total. The van der Waals surface area contributed by atoms with Gasteiger partial charge in [0.2, 0.25) is 0 Å². The van der Waals surface area contributed by atoms with E-state index in [0.717, 1.165) is 16.8 Å². The fourth-order valence-corrected chi connectivity index (χ4v) is 5.40. The molecular formula is C29H26N6O3. The van der Waals surface area contributed by atoms with E-state index in [1.165, 1.54) is 0 Å². The molecule has 190 valence electrons. The first-order valence-electron chi connectivity index (χ1n) is 12.6. The Balaban J connectivity index is 1.65. The van der Waals surface area contributed by atoms with Crippen LogP contribution in [0.2, 0.25) is 0 Å². The number of aromatic nitrogens is 4. The SMILES string of the molecule is CCOC(=O)C1=C(c2ccccc2)C2c3nnc(-c4ccncc4)n3C(=O)N(c3ccccc3)C2NC1C. The largest absolute Gasteiger partial charge is 0.463 e. The zero-order chi connectivity index (χ0) is 26.2. The van der Waals surface area contributed by atoms with Gasteiger partial charge in [0.05, 0.1) is 18.1 Å². The van der Waals surface area contributed by atoms with Crippen LogP contribution in [0.1, 0.15) is 31.2 Å². The van der Waals surface area contributed by atoms with Crippen LogP contribution in [0.5, 0.6) is 0 Å². The van der Waals surface area contributed by atoms with Gasteiger partial charge in [-0.3, -0.25) is 15.2 Å². The predicted molar refractivity (Wildman–Crippen MR) is 142 cm³/mol. The number of para-hydroxylation sites is 1. The van der Waals surface area contributed by atoms with Crippen molar-refractivity contribution in [3.8, 4) is 11.4 Å². The molecule has 0 fully saturated rings. The summed E-state index contributed by atoms with van der Waals surface area (Å²) in [5, 5.41) is 12.5. The summed E-state index contributed by atoms with van der Waals surface area (Å²) in [5.41, 5.74) is 3.58. The van der Waals surface area contributed by atoms with Crippen molar-refractivity contribution in [2.45, 2.75) is 32.0 Å². The summed E-state index contributed by atoms with van der Waals surface area (Å²) in [6, 6.07) is 22.2. The number of esters is 1. The quantitative estimate of drug-likeness (QED) is 0.404. The van der Waals surface area contributed by atoms with Crippen LogP contribution in [0.4, 0.5) is 10.5 Å². The van der Waals surface area contributed by atoms with E-state index >= 15 is 0 Å². The van der Waals surface area contributed by atoms with Crippen molar-refractivity contribution < 1.29 is 14.3 Å². The van der Waals surface area contributed by atoms with E-state index < -0.39 is 24.1 Å². The molecule has 0 saturated carbocycles. The molecular weight excluding hydrogens is 480 g/mol. The number of rotatable bonds is 5. The lowest BCUT2D eigenvalue weighted by molar-refractivity contribution is -0.138. The number of ether oxygens (including phenoxy) is 1. The van der Waals surface area contributed by atoms with E-state index in [0.29, 0.717) is 22.8 Å². The minimum atomic E-state index is -0.518. The van der Waals surface area contributed by atoms with Crippen molar-refractivity contribution >= 4 is 23.3 Å². The Hall–Kier alpha value is -4.63. The number of hydrogen-bond acceptors (Lipinski definition) is 7. The van der Waals surface area contributed by atoms with Crippen LogP contribution in [-0.2, 0) is 9.53 Å². The van der Waals surface area contributed by atoms with Crippen molar-refractivity contribution in [3.63, 3.8) is 0 Å². The summed E-state index contributed by atoms with van der Waals surface area (Å²) in [6.45, 7) is 3.96. The van der Waals surface area contributed by atoms with E-state index in [-0.39, 0.29) is 12.6 Å². The monoisotopic (exact) mass is 506 g/mol. The number of fused-ring (bicyclic) bond motifs is 3. The van der Waals surface area contributed by atoms with Gasteiger partial charge in [0.25, 0.3) is 0 Å². The Labute approximate surface area is 219 Å². The first-order valence-corrected chi connectivity index (χ1v) is 12.6. The highest BCUT2D eigenvalue weighted by Gasteiger charge is 2.50. The van der Waals surface area contributed by atoms with Crippen molar-refractivity contribution in [1.29, 1.82) is 0 Å². The van der Waals surface area contributed by atoms with E-state index in [1.54, 1.807) is 40.9 Å². The molecule has 0 radical (unpaired) electrons. The number of nitrogens with one attached hydrogen (secondary N) is 1. The standard InChI is InChI=1S/C29H26N6O3/c1-3-38-28(36)22-18(2)31-26-24(23(22)19-10-6-4-7-11-19)27-33-32-25(20-14-16-30-17-15-20)35(27)29(37)34(26)21-12-8-5-9-13-21/h4-18,24,26,31H,3H2,1-2H3. The number of anilines is 1. The third-order valence-corrected chi connectivity index (χ3v) is 6.97. The van der Waals surface area contributed by atoms with Gasteiger partial charge in [-0.05, 0) is 49.2 Å². The third kappa shape index (κ3) is 3.79. The molecule has 0 aliphatic carbocycles. The minimum absolute atomic E-state index is 0.252. The molecule has 6 rings (SSSR count). The van der Waals surface area contributed by atoms with Gasteiger partial charge in [-0.15, -0.1) is 10.2 Å². The number of pyridine rings is 1. The van der Waals surface area contributed by atoms with Gasteiger partial charge in [0.15, 0.2) is 11.6 Å². The molecule has 2 aliphatic rings. The first kappa shape index (κ1) is 23.7. The molecule has 2 aromatic carbocycles. The van der Waals surface area contributed by atoms with Crippen LogP contribution < -0.4 is 10.2 Å². The van der Waals surface area contributed by atoms with E-state index in [9.17, 15) is 9.59 Å². The molecule has 4 heterocycles. The summed E-state index contributed by atoms with van der Waals surface area (Å²) in [4.78, 5) is 33.4. The van der Waals surface area contributed by atoms with E-state index in [4.69, 9.17) is 4.74 Å². The van der Waals surface area contributed by atoms with Crippen molar-refractivity contribution in [2.75, 3.05) is 11.5 Å². The molecule has 0 saturated heterocycles. The van der Waals surface area contributed by atoms with Gasteiger partial charge in [-0.1, -0.05) is 48.5 Å². The Morgan fingerprint density at radius 1 is 0.947 bits per heavy atom. The predicted octanol–water partition coefficient (Wildman–Crippen LogP) is 4.25. The summed E-state index contributed by atoms with van der Waals surface area (Å²) >= 11 is 0. The molecule has 0 spiro atoms.